The largest absolute Gasteiger partial charge is 0.491 e. The van der Waals surface area contributed by atoms with Crippen molar-refractivity contribution in [2.45, 2.75) is 13.5 Å². The Morgan fingerprint density at radius 1 is 0.760 bits per heavy atom. The second kappa shape index (κ2) is 11.3. The summed E-state index contributed by atoms with van der Waals surface area (Å²) >= 11 is 0. The Kier molecular flexibility index (Phi) is 8.66. The summed E-state index contributed by atoms with van der Waals surface area (Å²) < 4.78 is 21.4. The normalized spacial score (nSPS) is 10.5. The molecule has 2 aromatic carbocycles. The molecule has 2 aromatic rings. The van der Waals surface area contributed by atoms with E-state index in [1.165, 1.54) is 5.56 Å². The number of benzene rings is 2. The lowest BCUT2D eigenvalue weighted by molar-refractivity contribution is 0.110. The number of rotatable bonds is 12. The van der Waals surface area contributed by atoms with Crippen molar-refractivity contribution in [3.05, 3.63) is 54.1 Å². The lowest BCUT2D eigenvalue weighted by atomic mass is 10.2. The molecule has 0 radical (unpaired) electrons. The minimum atomic E-state index is 0.563. The van der Waals surface area contributed by atoms with Gasteiger partial charge in [0.25, 0.3) is 0 Å². The number of hydrogen-bond donors (Lipinski definition) is 1. The van der Waals surface area contributed by atoms with Gasteiger partial charge in [0.15, 0.2) is 0 Å². The number of methoxy groups -OCH3 is 1. The fourth-order valence-electron chi connectivity index (χ4n) is 2.18. The maximum absolute atomic E-state index is 5.60. The quantitative estimate of drug-likeness (QED) is 0.594. The molecule has 5 nitrogen and oxygen atoms in total. The highest BCUT2D eigenvalue weighted by atomic mass is 16.5. The molecule has 0 heterocycles. The van der Waals surface area contributed by atoms with Crippen LogP contribution in [0, 0.1) is 0 Å². The van der Waals surface area contributed by atoms with Crippen molar-refractivity contribution in [3.8, 4) is 11.5 Å². The number of anilines is 1. The molecule has 25 heavy (non-hydrogen) atoms. The van der Waals surface area contributed by atoms with E-state index < -0.39 is 0 Å². The molecule has 0 atom stereocenters. The summed E-state index contributed by atoms with van der Waals surface area (Å²) in [5.74, 6) is 1.71. The molecule has 0 amide bonds. The highest BCUT2D eigenvalue weighted by molar-refractivity contribution is 5.47. The van der Waals surface area contributed by atoms with Gasteiger partial charge >= 0.3 is 0 Å². The van der Waals surface area contributed by atoms with E-state index >= 15 is 0 Å². The molecular formula is C20H27NO4. The summed E-state index contributed by atoms with van der Waals surface area (Å²) in [5, 5.41) is 3.40. The van der Waals surface area contributed by atoms with Crippen LogP contribution in [0.3, 0.4) is 0 Å². The van der Waals surface area contributed by atoms with E-state index in [9.17, 15) is 0 Å². The minimum absolute atomic E-state index is 0.563. The minimum Gasteiger partial charge on any atom is -0.491 e. The van der Waals surface area contributed by atoms with Crippen LogP contribution in [-0.4, -0.2) is 40.1 Å². The van der Waals surface area contributed by atoms with Crippen LogP contribution in [0.5, 0.6) is 11.5 Å². The van der Waals surface area contributed by atoms with Crippen molar-refractivity contribution in [2.24, 2.45) is 0 Å². The first kappa shape index (κ1) is 19.1. The van der Waals surface area contributed by atoms with E-state index in [1.807, 2.05) is 43.3 Å². The van der Waals surface area contributed by atoms with Gasteiger partial charge in [-0.3, -0.25) is 0 Å². The molecule has 2 rings (SSSR count). The van der Waals surface area contributed by atoms with Crippen LogP contribution in [-0.2, 0) is 16.0 Å². The van der Waals surface area contributed by atoms with Gasteiger partial charge in [0, 0.05) is 25.9 Å². The topological polar surface area (TPSA) is 49.0 Å². The van der Waals surface area contributed by atoms with E-state index in [0.717, 1.165) is 23.7 Å². The summed E-state index contributed by atoms with van der Waals surface area (Å²) in [4.78, 5) is 0. The van der Waals surface area contributed by atoms with E-state index in [2.05, 4.69) is 17.4 Å². The van der Waals surface area contributed by atoms with Crippen LogP contribution in [0.2, 0.25) is 0 Å². The fraction of sp³-hybridized carbons (Fsp3) is 0.400. The summed E-state index contributed by atoms with van der Waals surface area (Å²) in [6, 6.07) is 16.0. The van der Waals surface area contributed by atoms with Gasteiger partial charge in [-0.2, -0.15) is 0 Å². The Balaban J connectivity index is 1.73. The molecule has 0 aliphatic heterocycles. The van der Waals surface area contributed by atoms with Crippen LogP contribution in [0.4, 0.5) is 5.69 Å². The average molecular weight is 345 g/mol. The Bertz CT molecular complexity index is 584. The molecule has 0 aliphatic carbocycles. The predicted octanol–water partition coefficient (Wildman–Crippen LogP) is 3.74. The first-order valence-corrected chi connectivity index (χ1v) is 8.57. The monoisotopic (exact) mass is 345 g/mol. The van der Waals surface area contributed by atoms with Gasteiger partial charge in [-0.05, 0) is 48.9 Å². The number of nitrogens with one attached hydrogen (secondary N) is 1. The van der Waals surface area contributed by atoms with E-state index in [1.54, 1.807) is 7.11 Å². The maximum Gasteiger partial charge on any atom is 0.119 e. The van der Waals surface area contributed by atoms with Crippen LogP contribution < -0.4 is 14.8 Å². The van der Waals surface area contributed by atoms with Gasteiger partial charge in [-0.15, -0.1) is 0 Å². The lowest BCUT2D eigenvalue weighted by Gasteiger charge is -2.10. The third-order valence-electron chi connectivity index (χ3n) is 3.53. The Labute approximate surface area is 149 Å². The predicted molar refractivity (Wildman–Crippen MR) is 99.6 cm³/mol. The SMILES string of the molecule is CCOCCOc1ccc(NCc2ccc(OCCOC)cc2)cc1. The third-order valence-corrected chi connectivity index (χ3v) is 3.53. The molecule has 0 fully saturated rings. The molecule has 0 spiro atoms. The second-order valence-electron chi connectivity index (χ2n) is 5.41. The molecule has 0 saturated heterocycles. The van der Waals surface area contributed by atoms with Crippen LogP contribution in [0.15, 0.2) is 48.5 Å². The Morgan fingerprint density at radius 2 is 1.36 bits per heavy atom. The average Bonchev–Trinajstić information content (AvgIpc) is 2.66. The highest BCUT2D eigenvalue weighted by Gasteiger charge is 1.98. The molecular weight excluding hydrogens is 318 g/mol. The van der Waals surface area contributed by atoms with Gasteiger partial charge in [-0.1, -0.05) is 12.1 Å². The van der Waals surface area contributed by atoms with Gasteiger partial charge < -0.3 is 24.3 Å². The zero-order valence-electron chi connectivity index (χ0n) is 15.0. The zero-order chi connectivity index (χ0) is 17.7. The molecule has 0 unspecified atom stereocenters. The van der Waals surface area contributed by atoms with Crippen molar-refractivity contribution < 1.29 is 18.9 Å². The van der Waals surface area contributed by atoms with Gasteiger partial charge in [0.05, 0.1) is 13.2 Å². The molecule has 0 bridgehead atoms. The van der Waals surface area contributed by atoms with E-state index in [4.69, 9.17) is 18.9 Å². The molecule has 136 valence electrons. The second-order valence-corrected chi connectivity index (χ2v) is 5.41. The molecule has 1 N–H and O–H groups in total. The first-order chi connectivity index (χ1) is 12.3. The van der Waals surface area contributed by atoms with Crippen LogP contribution >= 0.6 is 0 Å². The van der Waals surface area contributed by atoms with Gasteiger partial charge in [-0.25, -0.2) is 0 Å². The summed E-state index contributed by atoms with van der Waals surface area (Å²) in [6.45, 7) is 5.78. The maximum atomic E-state index is 5.60. The molecule has 5 heteroatoms. The Morgan fingerprint density at radius 3 is 1.96 bits per heavy atom. The highest BCUT2D eigenvalue weighted by Crippen LogP contribution is 2.17. The molecule has 0 saturated carbocycles. The molecule has 0 aliphatic rings. The van der Waals surface area contributed by atoms with Gasteiger partial charge in [0.2, 0.25) is 0 Å². The summed E-state index contributed by atoms with van der Waals surface area (Å²) in [7, 11) is 1.66. The number of ether oxygens (including phenoxy) is 4. The van der Waals surface area contributed by atoms with Crippen molar-refractivity contribution in [1.82, 2.24) is 0 Å². The standard InChI is InChI=1S/C20H27NO4/c1-3-23-13-15-25-20-10-6-18(7-11-20)21-16-17-4-8-19(9-5-17)24-14-12-22-2/h4-11,21H,3,12-16H2,1-2H3. The number of hydrogen-bond acceptors (Lipinski definition) is 5. The van der Waals surface area contributed by atoms with Crippen LogP contribution in [0.1, 0.15) is 12.5 Å². The van der Waals surface area contributed by atoms with Gasteiger partial charge in [0.1, 0.15) is 24.7 Å². The van der Waals surface area contributed by atoms with E-state index in [0.29, 0.717) is 33.0 Å². The zero-order valence-corrected chi connectivity index (χ0v) is 15.0. The fourth-order valence-corrected chi connectivity index (χ4v) is 2.18. The smallest absolute Gasteiger partial charge is 0.119 e. The van der Waals surface area contributed by atoms with E-state index in [-0.39, 0.29) is 0 Å². The lowest BCUT2D eigenvalue weighted by Crippen LogP contribution is -2.06. The molecule has 0 aromatic heterocycles. The van der Waals surface area contributed by atoms with Crippen molar-refractivity contribution in [1.29, 1.82) is 0 Å². The van der Waals surface area contributed by atoms with Crippen molar-refractivity contribution in [3.63, 3.8) is 0 Å². The summed E-state index contributed by atoms with van der Waals surface area (Å²) in [6.07, 6.45) is 0. The van der Waals surface area contributed by atoms with Crippen molar-refractivity contribution in [2.75, 3.05) is 45.5 Å². The first-order valence-electron chi connectivity index (χ1n) is 8.57. The van der Waals surface area contributed by atoms with Crippen LogP contribution in [0.25, 0.3) is 0 Å². The third kappa shape index (κ3) is 7.45. The Hall–Kier alpha value is -2.24. The van der Waals surface area contributed by atoms with Crippen molar-refractivity contribution >= 4 is 5.69 Å². The summed E-state index contributed by atoms with van der Waals surface area (Å²) in [5.41, 5.74) is 2.24.